The number of hydrogen-bond donors (Lipinski definition) is 2. The Labute approximate surface area is 166 Å². The number of phenolic OH excluding ortho intramolecular Hbond substituents is 2. The molecule has 11 heteroatoms. The molecular formula is C16H13BrClN5O4. The summed E-state index contributed by atoms with van der Waals surface area (Å²) in [6.45, 7) is 3.60. The zero-order valence-electron chi connectivity index (χ0n) is 14.4. The lowest BCUT2D eigenvalue weighted by Crippen LogP contribution is -2.01. The predicted molar refractivity (Wildman–Crippen MR) is 102 cm³/mol. The maximum atomic E-state index is 11.1. The van der Waals surface area contributed by atoms with Crippen LogP contribution in [0.3, 0.4) is 0 Å². The third kappa shape index (κ3) is 3.10. The van der Waals surface area contributed by atoms with E-state index in [2.05, 4.69) is 31.1 Å². The fraction of sp³-hybridized carbons (Fsp3) is 0.188. The summed E-state index contributed by atoms with van der Waals surface area (Å²) in [6, 6.07) is 2.30. The van der Waals surface area contributed by atoms with Crippen molar-refractivity contribution in [3.8, 4) is 34.3 Å². The maximum Gasteiger partial charge on any atom is 0.315 e. The molecule has 0 bridgehead atoms. The van der Waals surface area contributed by atoms with E-state index in [0.29, 0.717) is 26.7 Å². The number of aromatic nitrogens is 4. The Morgan fingerprint density at radius 1 is 1.22 bits per heavy atom. The van der Waals surface area contributed by atoms with Crippen molar-refractivity contribution < 1.29 is 15.1 Å². The highest BCUT2D eigenvalue weighted by Crippen LogP contribution is 2.40. The minimum atomic E-state index is -0.806. The van der Waals surface area contributed by atoms with E-state index in [-0.39, 0.29) is 11.4 Å². The van der Waals surface area contributed by atoms with Gasteiger partial charge in [-0.2, -0.15) is 0 Å². The Bertz CT molecular complexity index is 1100. The SMILES string of the molecule is Cc1nc(Br)c(-c2nnc(-c3cc(O)c(O)c([N+](=O)[O-])c3)n2C)c(C)c1Cl. The summed E-state index contributed by atoms with van der Waals surface area (Å²) in [4.78, 5) is 14.6. The van der Waals surface area contributed by atoms with Crippen LogP contribution in [0.2, 0.25) is 5.02 Å². The van der Waals surface area contributed by atoms with Crippen molar-refractivity contribution in [3.05, 3.63) is 43.1 Å². The number of nitrogens with zero attached hydrogens (tertiary/aromatic N) is 5. The number of nitro groups is 1. The smallest absolute Gasteiger partial charge is 0.315 e. The van der Waals surface area contributed by atoms with Gasteiger partial charge in [0.25, 0.3) is 0 Å². The number of hydrogen-bond acceptors (Lipinski definition) is 7. The van der Waals surface area contributed by atoms with Crippen LogP contribution in [0, 0.1) is 24.0 Å². The lowest BCUT2D eigenvalue weighted by molar-refractivity contribution is -0.385. The van der Waals surface area contributed by atoms with Crippen LogP contribution in [-0.2, 0) is 7.05 Å². The van der Waals surface area contributed by atoms with Gasteiger partial charge >= 0.3 is 5.69 Å². The molecule has 0 radical (unpaired) electrons. The largest absolute Gasteiger partial charge is 0.504 e. The van der Waals surface area contributed by atoms with E-state index >= 15 is 0 Å². The topological polar surface area (TPSA) is 127 Å². The molecule has 0 aliphatic rings. The molecule has 0 atom stereocenters. The normalized spacial score (nSPS) is 11.0. The first-order chi connectivity index (χ1) is 12.6. The van der Waals surface area contributed by atoms with Gasteiger partial charge in [0.05, 0.1) is 21.2 Å². The van der Waals surface area contributed by atoms with Crippen LogP contribution in [0.1, 0.15) is 11.3 Å². The highest BCUT2D eigenvalue weighted by Gasteiger charge is 2.24. The number of rotatable bonds is 3. The molecule has 2 heterocycles. The van der Waals surface area contributed by atoms with Gasteiger partial charge in [0.15, 0.2) is 17.4 Å². The van der Waals surface area contributed by atoms with E-state index in [1.165, 1.54) is 6.07 Å². The summed E-state index contributed by atoms with van der Waals surface area (Å²) < 4.78 is 2.12. The number of aryl methyl sites for hydroxylation is 1. The van der Waals surface area contributed by atoms with Gasteiger partial charge in [-0.15, -0.1) is 10.2 Å². The van der Waals surface area contributed by atoms with Gasteiger partial charge in [-0.3, -0.25) is 10.1 Å². The van der Waals surface area contributed by atoms with Gasteiger partial charge in [0.2, 0.25) is 5.75 Å². The molecule has 1 aromatic carbocycles. The van der Waals surface area contributed by atoms with Crippen LogP contribution in [-0.4, -0.2) is 34.9 Å². The second kappa shape index (κ2) is 6.78. The maximum absolute atomic E-state index is 11.1. The van der Waals surface area contributed by atoms with Gasteiger partial charge in [-0.1, -0.05) is 11.6 Å². The van der Waals surface area contributed by atoms with E-state index in [9.17, 15) is 20.3 Å². The molecule has 0 aliphatic carbocycles. The first kappa shape index (κ1) is 19.1. The number of aromatic hydroxyl groups is 2. The summed E-state index contributed by atoms with van der Waals surface area (Å²) in [5, 5.41) is 39.3. The van der Waals surface area contributed by atoms with Gasteiger partial charge < -0.3 is 14.8 Å². The van der Waals surface area contributed by atoms with Crippen LogP contribution in [0.5, 0.6) is 11.5 Å². The summed E-state index contributed by atoms with van der Waals surface area (Å²) >= 11 is 9.71. The average molecular weight is 455 g/mol. The lowest BCUT2D eigenvalue weighted by atomic mass is 10.1. The Kier molecular flexibility index (Phi) is 4.79. The second-order valence-electron chi connectivity index (χ2n) is 5.83. The Balaban J connectivity index is 2.22. The molecule has 140 valence electrons. The monoisotopic (exact) mass is 453 g/mol. The molecular weight excluding hydrogens is 442 g/mol. The standard InChI is InChI=1S/C16H13BrClN5O4/c1-6-11(14(17)19-7(2)12(6)18)16-21-20-15(22(16)3)8-4-9(23(26)27)13(25)10(24)5-8/h4-5,24-25H,1-3H3. The van der Waals surface area contributed by atoms with Crippen molar-refractivity contribution in [2.24, 2.45) is 7.05 Å². The molecule has 27 heavy (non-hydrogen) atoms. The number of phenols is 2. The van der Waals surface area contributed by atoms with Gasteiger partial charge in [-0.05, 0) is 41.4 Å². The molecule has 0 saturated carbocycles. The average Bonchev–Trinajstić information content (AvgIpc) is 2.96. The van der Waals surface area contributed by atoms with Crippen molar-refractivity contribution in [3.63, 3.8) is 0 Å². The predicted octanol–water partition coefficient (Wildman–Crippen LogP) is 3.90. The number of nitro benzene ring substituents is 1. The first-order valence-electron chi connectivity index (χ1n) is 7.56. The van der Waals surface area contributed by atoms with Gasteiger partial charge in [0, 0.05) is 18.7 Å². The summed E-state index contributed by atoms with van der Waals surface area (Å²) in [6.07, 6.45) is 0. The first-order valence-corrected chi connectivity index (χ1v) is 8.73. The molecule has 0 aliphatic heterocycles. The third-order valence-corrected chi connectivity index (χ3v) is 5.25. The highest BCUT2D eigenvalue weighted by molar-refractivity contribution is 9.10. The van der Waals surface area contributed by atoms with Crippen LogP contribution >= 0.6 is 27.5 Å². The van der Waals surface area contributed by atoms with Crippen molar-refractivity contribution in [1.29, 1.82) is 0 Å². The molecule has 2 N–H and O–H groups in total. The van der Waals surface area contributed by atoms with Gasteiger partial charge in [-0.25, -0.2) is 4.98 Å². The fourth-order valence-electron chi connectivity index (χ4n) is 2.72. The Morgan fingerprint density at radius 2 is 1.85 bits per heavy atom. The van der Waals surface area contributed by atoms with Crippen LogP contribution < -0.4 is 0 Å². The minimum Gasteiger partial charge on any atom is -0.504 e. The van der Waals surface area contributed by atoms with Crippen molar-refractivity contribution in [1.82, 2.24) is 19.7 Å². The Hall–Kier alpha value is -2.72. The molecule has 2 aromatic heterocycles. The van der Waals surface area contributed by atoms with Crippen LogP contribution in [0.25, 0.3) is 22.8 Å². The molecule has 3 aromatic rings. The molecule has 0 unspecified atom stereocenters. The summed E-state index contributed by atoms with van der Waals surface area (Å²) in [5.41, 5.74) is 1.62. The quantitative estimate of drug-likeness (QED) is 0.266. The van der Waals surface area contributed by atoms with Crippen LogP contribution in [0.4, 0.5) is 5.69 Å². The van der Waals surface area contributed by atoms with E-state index in [0.717, 1.165) is 11.6 Å². The molecule has 0 saturated heterocycles. The van der Waals surface area contributed by atoms with Crippen molar-refractivity contribution >= 4 is 33.2 Å². The minimum absolute atomic E-state index is 0.221. The zero-order chi connectivity index (χ0) is 20.0. The number of benzene rings is 1. The van der Waals surface area contributed by atoms with Crippen molar-refractivity contribution in [2.45, 2.75) is 13.8 Å². The molecule has 0 spiro atoms. The van der Waals surface area contributed by atoms with Gasteiger partial charge in [0.1, 0.15) is 4.60 Å². The Morgan fingerprint density at radius 3 is 2.48 bits per heavy atom. The fourth-order valence-corrected chi connectivity index (χ4v) is 3.60. The van der Waals surface area contributed by atoms with E-state index in [1.807, 2.05) is 6.92 Å². The molecule has 0 amide bonds. The lowest BCUT2D eigenvalue weighted by Gasteiger charge is -2.12. The summed E-state index contributed by atoms with van der Waals surface area (Å²) in [5.74, 6) is -0.745. The molecule has 3 rings (SSSR count). The van der Waals surface area contributed by atoms with E-state index < -0.39 is 22.1 Å². The summed E-state index contributed by atoms with van der Waals surface area (Å²) in [7, 11) is 1.67. The zero-order valence-corrected chi connectivity index (χ0v) is 16.7. The molecule has 0 fully saturated rings. The number of pyridine rings is 1. The van der Waals surface area contributed by atoms with Crippen LogP contribution in [0.15, 0.2) is 16.7 Å². The molecule has 9 nitrogen and oxygen atoms in total. The third-order valence-electron chi connectivity index (χ3n) is 4.12. The highest BCUT2D eigenvalue weighted by atomic mass is 79.9. The number of halogens is 2. The second-order valence-corrected chi connectivity index (χ2v) is 6.96. The van der Waals surface area contributed by atoms with E-state index in [4.69, 9.17) is 11.6 Å². The van der Waals surface area contributed by atoms with E-state index in [1.54, 1.807) is 18.5 Å². The van der Waals surface area contributed by atoms with Crippen molar-refractivity contribution in [2.75, 3.05) is 0 Å².